The molecule has 1 saturated carbocycles. The average molecular weight is 751 g/mol. The van der Waals surface area contributed by atoms with Crippen LogP contribution in [0.25, 0.3) is 10.1 Å². The van der Waals surface area contributed by atoms with Gasteiger partial charge in [0.25, 0.3) is 5.91 Å². The van der Waals surface area contributed by atoms with E-state index >= 15 is 8.78 Å². The lowest BCUT2D eigenvalue weighted by Gasteiger charge is -2.40. The smallest absolute Gasteiger partial charge is 0.381 e. The van der Waals surface area contributed by atoms with Crippen LogP contribution in [0, 0.1) is 17.8 Å². The summed E-state index contributed by atoms with van der Waals surface area (Å²) >= 11 is 1.11. The van der Waals surface area contributed by atoms with Crippen molar-refractivity contribution in [3.8, 4) is 0 Å². The summed E-state index contributed by atoms with van der Waals surface area (Å²) in [6.07, 6.45) is 4.27. The summed E-state index contributed by atoms with van der Waals surface area (Å²) in [5.41, 5.74) is -4.47. The van der Waals surface area contributed by atoms with Gasteiger partial charge >= 0.3 is 13.3 Å². The number of fused-ring (bicyclic) bond motifs is 3. The number of benzene rings is 1. The van der Waals surface area contributed by atoms with E-state index in [0.717, 1.165) is 43.1 Å². The molecule has 16 heteroatoms. The monoisotopic (exact) mass is 750 g/mol. The molecule has 4 amide bonds. The van der Waals surface area contributed by atoms with Crippen LogP contribution in [0.2, 0.25) is 0 Å². The van der Waals surface area contributed by atoms with E-state index in [0.29, 0.717) is 74.2 Å². The van der Waals surface area contributed by atoms with Crippen molar-refractivity contribution in [3.63, 3.8) is 0 Å². The van der Waals surface area contributed by atoms with Gasteiger partial charge in [0, 0.05) is 49.1 Å². The maximum absolute atomic E-state index is 15.5. The molecule has 6 atom stereocenters. The highest BCUT2D eigenvalue weighted by Crippen LogP contribution is 2.67. The molecule has 4 aliphatic heterocycles. The van der Waals surface area contributed by atoms with Crippen LogP contribution >= 0.6 is 18.9 Å². The number of nitrogens with zero attached hydrogens (tertiary/aromatic N) is 3. The number of piperazine rings is 1. The zero-order valence-electron chi connectivity index (χ0n) is 28.9. The SMILES string of the molecule is CCOP(=O)(OCC)C(F)(F)c1ccc2sc(C(=O)N[C@H]3C[C@@H]4C[C@@H]4C[C@H]4CC[C@@H](C(=O)N5CCN(C(=O)[C@@H]6CCOC6)CC5)N4C3=O)cc2c1. The normalized spacial score (nSPS) is 28.3. The first-order valence-corrected chi connectivity index (χ1v) is 20.4. The van der Waals surface area contributed by atoms with Crippen molar-refractivity contribution < 1.29 is 46.3 Å². The predicted octanol–water partition coefficient (Wildman–Crippen LogP) is 4.81. The minimum atomic E-state index is -4.82. The zero-order valence-corrected chi connectivity index (χ0v) is 30.6. The summed E-state index contributed by atoms with van der Waals surface area (Å²) in [7, 11) is -4.82. The van der Waals surface area contributed by atoms with Crippen LogP contribution in [-0.4, -0.2) is 109 Å². The van der Waals surface area contributed by atoms with Crippen molar-refractivity contribution in [2.24, 2.45) is 17.8 Å². The quantitative estimate of drug-likeness (QED) is 0.342. The number of rotatable bonds is 10. The van der Waals surface area contributed by atoms with Gasteiger partial charge in [-0.2, -0.15) is 8.78 Å². The van der Waals surface area contributed by atoms with Gasteiger partial charge in [-0.1, -0.05) is 6.07 Å². The lowest BCUT2D eigenvalue weighted by Crippen LogP contribution is -2.59. The number of nitrogens with one attached hydrogen (secondary N) is 1. The fourth-order valence-electron chi connectivity index (χ4n) is 8.25. The highest BCUT2D eigenvalue weighted by atomic mass is 32.1. The number of hydrogen-bond donors (Lipinski definition) is 1. The van der Waals surface area contributed by atoms with E-state index in [1.54, 1.807) is 14.7 Å². The average Bonchev–Trinajstić information content (AvgIpc) is 3.53. The lowest BCUT2D eigenvalue weighted by molar-refractivity contribution is -0.149. The molecule has 12 nitrogen and oxygen atoms in total. The largest absolute Gasteiger partial charge is 0.404 e. The number of ether oxygens (including phenoxy) is 1. The third-order valence-corrected chi connectivity index (χ3v) is 14.3. The molecule has 4 saturated heterocycles. The molecule has 2 aromatic rings. The highest BCUT2D eigenvalue weighted by Gasteiger charge is 2.55. The molecular formula is C35H45F2N4O8PS. The molecule has 7 rings (SSSR count). The lowest BCUT2D eigenvalue weighted by atomic mass is 9.99. The summed E-state index contributed by atoms with van der Waals surface area (Å²) in [6, 6.07) is 3.74. The molecule has 1 aromatic heterocycles. The molecule has 1 aromatic carbocycles. The number of thiophene rings is 1. The first kappa shape index (κ1) is 36.4. The maximum atomic E-state index is 15.5. The van der Waals surface area contributed by atoms with E-state index in [9.17, 15) is 23.7 Å². The predicted molar refractivity (Wildman–Crippen MR) is 184 cm³/mol. The standard InChI is InChI=1S/C35H45F2N4O8PS/c1-3-48-50(46,49-4-2)35(36,37)25-5-8-29-24(16-25)19-30(51-29)31(42)38-27-18-23-15-22(23)17-26-6-7-28(41(26)33(27)44)34(45)40-12-10-39(11-13-40)32(43)21-9-14-47-20-21/h5,8,16,19,21-23,26-28H,3-4,6-7,9-15,17-18,20H2,1-2H3,(H,38,42)/t21-,22-,23+,26-,27+,28+/m1/s1. The van der Waals surface area contributed by atoms with Crippen molar-refractivity contribution in [1.29, 1.82) is 0 Å². The minimum absolute atomic E-state index is 0.0722. The van der Waals surface area contributed by atoms with Gasteiger partial charge in [-0.05, 0) is 87.8 Å². The molecule has 1 aliphatic carbocycles. The van der Waals surface area contributed by atoms with Crippen LogP contribution in [0.15, 0.2) is 24.3 Å². The molecule has 0 radical (unpaired) electrons. The van der Waals surface area contributed by atoms with Crippen LogP contribution < -0.4 is 5.32 Å². The van der Waals surface area contributed by atoms with E-state index < -0.39 is 36.8 Å². The first-order valence-electron chi connectivity index (χ1n) is 18.0. The van der Waals surface area contributed by atoms with E-state index in [2.05, 4.69) is 5.32 Å². The van der Waals surface area contributed by atoms with Gasteiger partial charge in [0.1, 0.15) is 12.1 Å². The molecule has 0 spiro atoms. The second-order valence-electron chi connectivity index (χ2n) is 14.2. The summed E-state index contributed by atoms with van der Waals surface area (Å²) < 4.78 is 59.8. The second-order valence-corrected chi connectivity index (χ2v) is 17.4. The Kier molecular flexibility index (Phi) is 10.3. The summed E-state index contributed by atoms with van der Waals surface area (Å²) in [5.74, 6) is -0.190. The van der Waals surface area contributed by atoms with Crippen LogP contribution in [-0.2, 0) is 38.4 Å². The number of carbonyl (C=O) groups excluding carboxylic acids is 4. The van der Waals surface area contributed by atoms with Crippen molar-refractivity contribution >= 4 is 52.6 Å². The van der Waals surface area contributed by atoms with Crippen LogP contribution in [0.3, 0.4) is 0 Å². The number of carbonyl (C=O) groups is 4. The summed E-state index contributed by atoms with van der Waals surface area (Å²) in [4.78, 5) is 60.3. The van der Waals surface area contributed by atoms with Crippen LogP contribution in [0.5, 0.6) is 0 Å². The summed E-state index contributed by atoms with van der Waals surface area (Å²) in [5, 5.41) is 3.30. The van der Waals surface area contributed by atoms with E-state index in [-0.39, 0.29) is 47.8 Å². The van der Waals surface area contributed by atoms with Gasteiger partial charge in [0.15, 0.2) is 0 Å². The van der Waals surface area contributed by atoms with Crippen molar-refractivity contribution in [2.45, 2.75) is 76.2 Å². The number of alkyl halides is 2. The van der Waals surface area contributed by atoms with Crippen molar-refractivity contribution in [3.05, 3.63) is 34.7 Å². The topological polar surface area (TPSA) is 135 Å². The van der Waals surface area contributed by atoms with Gasteiger partial charge in [0.05, 0.1) is 30.6 Å². The van der Waals surface area contributed by atoms with Gasteiger partial charge in [0.2, 0.25) is 17.7 Å². The Morgan fingerprint density at radius 3 is 2.31 bits per heavy atom. The van der Waals surface area contributed by atoms with Crippen LogP contribution in [0.4, 0.5) is 8.78 Å². The van der Waals surface area contributed by atoms with E-state index in [1.165, 1.54) is 32.0 Å². The van der Waals surface area contributed by atoms with Crippen molar-refractivity contribution in [1.82, 2.24) is 20.0 Å². The molecule has 51 heavy (non-hydrogen) atoms. The fourth-order valence-corrected chi connectivity index (χ4v) is 10.7. The Hall–Kier alpha value is -2.97. The Morgan fingerprint density at radius 2 is 1.65 bits per heavy atom. The number of hydrogen-bond acceptors (Lipinski definition) is 9. The Labute approximate surface area is 299 Å². The highest BCUT2D eigenvalue weighted by molar-refractivity contribution is 7.54. The molecule has 1 N–H and O–H groups in total. The molecule has 5 heterocycles. The molecule has 278 valence electrons. The Morgan fingerprint density at radius 1 is 0.961 bits per heavy atom. The molecule has 0 bridgehead atoms. The van der Waals surface area contributed by atoms with Crippen molar-refractivity contribution in [2.75, 3.05) is 52.6 Å². The van der Waals surface area contributed by atoms with Gasteiger partial charge in [-0.15, -0.1) is 11.3 Å². The number of amides is 4. The third kappa shape index (κ3) is 6.96. The fraction of sp³-hybridized carbons (Fsp3) is 0.657. The van der Waals surface area contributed by atoms with Gasteiger partial charge in [-0.3, -0.25) is 23.7 Å². The van der Waals surface area contributed by atoms with Crippen LogP contribution in [0.1, 0.15) is 67.6 Å². The Bertz CT molecular complexity index is 1720. The van der Waals surface area contributed by atoms with Gasteiger partial charge < -0.3 is 33.8 Å². The molecule has 5 aliphatic rings. The minimum Gasteiger partial charge on any atom is -0.381 e. The molecule has 5 fully saturated rings. The molecule has 0 unspecified atom stereocenters. The summed E-state index contributed by atoms with van der Waals surface area (Å²) in [6.45, 7) is 5.20. The third-order valence-electron chi connectivity index (χ3n) is 11.0. The maximum Gasteiger partial charge on any atom is 0.404 e. The van der Waals surface area contributed by atoms with E-state index in [1.807, 2.05) is 0 Å². The second kappa shape index (κ2) is 14.5. The Balaban J connectivity index is 1.05. The zero-order chi connectivity index (χ0) is 36.1. The first-order chi connectivity index (χ1) is 24.4. The van der Waals surface area contributed by atoms with Gasteiger partial charge in [-0.25, -0.2) is 0 Å². The number of halogens is 2. The molecular weight excluding hydrogens is 705 g/mol. The van der Waals surface area contributed by atoms with E-state index in [4.69, 9.17) is 13.8 Å².